The maximum Gasteiger partial charge on any atom is 0.311 e. The van der Waals surface area contributed by atoms with Crippen LogP contribution in [-0.2, 0) is 9.59 Å². The van der Waals surface area contributed by atoms with Gasteiger partial charge in [-0.05, 0) is 18.6 Å². The van der Waals surface area contributed by atoms with E-state index < -0.39 is 17.4 Å². The molecule has 0 aromatic heterocycles. The average Bonchev–Trinajstić information content (AvgIpc) is 2.04. The third-order valence-corrected chi connectivity index (χ3v) is 3.60. The summed E-state index contributed by atoms with van der Waals surface area (Å²) < 4.78 is 0. The molecule has 74 valence electrons. The number of thioether (sulfide) groups is 1. The van der Waals surface area contributed by atoms with E-state index in [2.05, 4.69) is 0 Å². The summed E-state index contributed by atoms with van der Waals surface area (Å²) in [6.45, 7) is 0. The fourth-order valence-corrected chi connectivity index (χ4v) is 2.78. The van der Waals surface area contributed by atoms with Crippen LogP contribution in [-0.4, -0.2) is 33.7 Å². The Morgan fingerprint density at radius 2 is 2.08 bits per heavy atom. The minimum Gasteiger partial charge on any atom is -0.481 e. The summed E-state index contributed by atoms with van der Waals surface area (Å²) in [4.78, 5) is 21.4. The predicted molar refractivity (Wildman–Crippen MR) is 48.9 cm³/mol. The van der Waals surface area contributed by atoms with E-state index in [1.165, 1.54) is 11.8 Å². The maximum atomic E-state index is 10.9. The highest BCUT2D eigenvalue weighted by atomic mass is 32.2. The van der Waals surface area contributed by atoms with Gasteiger partial charge in [-0.3, -0.25) is 9.59 Å². The van der Waals surface area contributed by atoms with Crippen molar-refractivity contribution in [3.63, 3.8) is 0 Å². The van der Waals surface area contributed by atoms with E-state index in [-0.39, 0.29) is 6.42 Å². The fourth-order valence-electron chi connectivity index (χ4n) is 1.53. The van der Waals surface area contributed by atoms with Gasteiger partial charge in [0.2, 0.25) is 0 Å². The Morgan fingerprint density at radius 1 is 1.38 bits per heavy atom. The first-order chi connectivity index (χ1) is 6.07. The van der Waals surface area contributed by atoms with Crippen molar-refractivity contribution < 1.29 is 19.8 Å². The lowest BCUT2D eigenvalue weighted by atomic mass is 9.82. The van der Waals surface area contributed by atoms with Crippen LogP contribution in [0.2, 0.25) is 0 Å². The standard InChI is InChI=1S/C8H12O4S/c9-6(10)4-8(7(11)12)2-1-3-13-5-8/h1-5H2,(H,9,10)(H,11,12). The van der Waals surface area contributed by atoms with Crippen molar-refractivity contribution in [1.82, 2.24) is 0 Å². The molecule has 5 heteroatoms. The number of carboxylic acids is 2. The topological polar surface area (TPSA) is 74.6 Å². The second-order valence-electron chi connectivity index (χ2n) is 3.31. The van der Waals surface area contributed by atoms with Crippen molar-refractivity contribution in [3.8, 4) is 0 Å². The Kier molecular flexibility index (Phi) is 3.19. The van der Waals surface area contributed by atoms with Crippen molar-refractivity contribution >= 4 is 23.7 Å². The predicted octanol–water partition coefficient (Wildman–Crippen LogP) is 1.06. The number of rotatable bonds is 3. The molecule has 1 aliphatic heterocycles. The van der Waals surface area contributed by atoms with Gasteiger partial charge >= 0.3 is 11.9 Å². The number of carbonyl (C=O) groups is 2. The van der Waals surface area contributed by atoms with E-state index in [0.29, 0.717) is 12.2 Å². The summed E-state index contributed by atoms with van der Waals surface area (Å²) in [6.07, 6.45) is 1.03. The lowest BCUT2D eigenvalue weighted by Gasteiger charge is -2.30. The molecule has 4 nitrogen and oxygen atoms in total. The molecule has 0 spiro atoms. The number of hydrogen-bond donors (Lipinski definition) is 2. The SMILES string of the molecule is O=C(O)CC1(C(=O)O)CCCSC1. The minimum absolute atomic E-state index is 0.255. The van der Waals surface area contributed by atoms with Gasteiger partial charge in [0.25, 0.3) is 0 Å². The van der Waals surface area contributed by atoms with Gasteiger partial charge in [-0.25, -0.2) is 0 Å². The van der Waals surface area contributed by atoms with Crippen LogP contribution in [0.5, 0.6) is 0 Å². The summed E-state index contributed by atoms with van der Waals surface area (Å²) >= 11 is 1.53. The Bertz CT molecular complexity index is 220. The van der Waals surface area contributed by atoms with Gasteiger partial charge in [0.1, 0.15) is 0 Å². The number of aliphatic carboxylic acids is 2. The minimum atomic E-state index is -1.02. The van der Waals surface area contributed by atoms with E-state index in [1.807, 2.05) is 0 Å². The van der Waals surface area contributed by atoms with Gasteiger partial charge in [-0.1, -0.05) is 0 Å². The molecule has 1 atom stereocenters. The van der Waals surface area contributed by atoms with E-state index in [4.69, 9.17) is 10.2 Å². The van der Waals surface area contributed by atoms with Crippen LogP contribution in [0.3, 0.4) is 0 Å². The summed E-state index contributed by atoms with van der Waals surface area (Å²) in [6, 6.07) is 0. The maximum absolute atomic E-state index is 10.9. The van der Waals surface area contributed by atoms with Crippen molar-refractivity contribution in [3.05, 3.63) is 0 Å². The third kappa shape index (κ3) is 2.37. The van der Waals surface area contributed by atoms with Gasteiger partial charge in [0, 0.05) is 5.75 Å². The van der Waals surface area contributed by atoms with Gasteiger partial charge in [0.05, 0.1) is 11.8 Å². The van der Waals surface area contributed by atoms with Crippen molar-refractivity contribution in [2.24, 2.45) is 5.41 Å². The first kappa shape index (κ1) is 10.4. The number of carboxylic acid groups (broad SMARTS) is 2. The molecule has 1 fully saturated rings. The third-order valence-electron chi connectivity index (χ3n) is 2.27. The Labute approximate surface area is 80.3 Å². The fraction of sp³-hybridized carbons (Fsp3) is 0.750. The molecular formula is C8H12O4S. The molecule has 0 aromatic rings. The molecule has 0 saturated carbocycles. The lowest BCUT2D eigenvalue weighted by Crippen LogP contribution is -2.38. The van der Waals surface area contributed by atoms with Crippen molar-refractivity contribution in [2.75, 3.05) is 11.5 Å². The molecule has 1 rings (SSSR count). The molecule has 1 aliphatic rings. The average molecular weight is 204 g/mol. The van der Waals surface area contributed by atoms with Crippen LogP contribution in [0.15, 0.2) is 0 Å². The normalized spacial score (nSPS) is 28.3. The highest BCUT2D eigenvalue weighted by Crippen LogP contribution is 2.37. The lowest BCUT2D eigenvalue weighted by molar-refractivity contribution is -0.154. The first-order valence-corrected chi connectivity index (χ1v) is 5.25. The molecule has 0 radical (unpaired) electrons. The molecule has 0 bridgehead atoms. The Hall–Kier alpha value is -0.710. The van der Waals surface area contributed by atoms with Crippen molar-refractivity contribution in [2.45, 2.75) is 19.3 Å². The van der Waals surface area contributed by atoms with E-state index >= 15 is 0 Å². The Balaban J connectivity index is 2.73. The summed E-state index contributed by atoms with van der Waals surface area (Å²) in [7, 11) is 0. The van der Waals surface area contributed by atoms with Crippen molar-refractivity contribution in [1.29, 1.82) is 0 Å². The zero-order valence-electron chi connectivity index (χ0n) is 7.15. The monoisotopic (exact) mass is 204 g/mol. The molecule has 1 unspecified atom stereocenters. The first-order valence-electron chi connectivity index (χ1n) is 4.10. The molecule has 13 heavy (non-hydrogen) atoms. The highest BCUT2D eigenvalue weighted by Gasteiger charge is 2.41. The summed E-state index contributed by atoms with van der Waals surface area (Å²) in [5, 5.41) is 17.6. The molecule has 1 saturated heterocycles. The molecule has 0 aliphatic carbocycles. The van der Waals surface area contributed by atoms with E-state index in [0.717, 1.165) is 12.2 Å². The van der Waals surface area contributed by atoms with Crippen LogP contribution >= 0.6 is 11.8 Å². The van der Waals surface area contributed by atoms with Gasteiger partial charge in [0.15, 0.2) is 0 Å². The van der Waals surface area contributed by atoms with Gasteiger partial charge in [-0.15, -0.1) is 0 Å². The molecule has 1 heterocycles. The number of hydrogen-bond acceptors (Lipinski definition) is 3. The summed E-state index contributed by atoms with van der Waals surface area (Å²) in [5.74, 6) is -0.629. The quantitative estimate of drug-likeness (QED) is 0.719. The Morgan fingerprint density at radius 3 is 2.46 bits per heavy atom. The second kappa shape index (κ2) is 4.00. The smallest absolute Gasteiger partial charge is 0.311 e. The van der Waals surface area contributed by atoms with Crippen LogP contribution < -0.4 is 0 Å². The van der Waals surface area contributed by atoms with Crippen LogP contribution in [0.1, 0.15) is 19.3 Å². The van der Waals surface area contributed by atoms with E-state index in [9.17, 15) is 9.59 Å². The van der Waals surface area contributed by atoms with Crippen LogP contribution in [0, 0.1) is 5.41 Å². The zero-order chi connectivity index (χ0) is 9.90. The molecule has 0 amide bonds. The van der Waals surface area contributed by atoms with Crippen LogP contribution in [0.4, 0.5) is 0 Å². The summed E-state index contributed by atoms with van der Waals surface area (Å²) in [5.41, 5.74) is -1.02. The molecular weight excluding hydrogens is 192 g/mol. The second-order valence-corrected chi connectivity index (χ2v) is 4.42. The molecule has 0 aromatic carbocycles. The van der Waals surface area contributed by atoms with Crippen LogP contribution in [0.25, 0.3) is 0 Å². The van der Waals surface area contributed by atoms with Gasteiger partial charge in [-0.2, -0.15) is 11.8 Å². The molecule has 2 N–H and O–H groups in total. The zero-order valence-corrected chi connectivity index (χ0v) is 7.97. The van der Waals surface area contributed by atoms with Gasteiger partial charge < -0.3 is 10.2 Å². The highest BCUT2D eigenvalue weighted by molar-refractivity contribution is 7.99. The largest absolute Gasteiger partial charge is 0.481 e. The van der Waals surface area contributed by atoms with E-state index in [1.54, 1.807) is 0 Å².